The SMILES string of the molecule is N#Cc1cc(N)nc(SCCc2cc3c(Cl)coc3cn2)n1. The largest absolute Gasteiger partial charge is 0.461 e. The summed E-state index contributed by atoms with van der Waals surface area (Å²) in [6.45, 7) is 0. The fourth-order valence-electron chi connectivity index (χ4n) is 1.89. The van der Waals surface area contributed by atoms with Crippen LogP contribution in [0.2, 0.25) is 5.02 Å². The molecule has 22 heavy (non-hydrogen) atoms. The lowest BCUT2D eigenvalue weighted by Crippen LogP contribution is -1.99. The van der Waals surface area contributed by atoms with Gasteiger partial charge in [-0.2, -0.15) is 5.26 Å². The number of aryl methyl sites for hydroxylation is 1. The number of nitrogens with two attached hydrogens (primary N) is 1. The van der Waals surface area contributed by atoms with Crippen molar-refractivity contribution >= 4 is 40.1 Å². The highest BCUT2D eigenvalue weighted by Gasteiger charge is 2.07. The third-order valence-corrected chi connectivity index (χ3v) is 4.04. The topological polar surface area (TPSA) is 102 Å². The van der Waals surface area contributed by atoms with Gasteiger partial charge in [0.15, 0.2) is 10.7 Å². The highest BCUT2D eigenvalue weighted by molar-refractivity contribution is 7.99. The van der Waals surface area contributed by atoms with E-state index >= 15 is 0 Å². The minimum atomic E-state index is 0.264. The molecular weight excluding hydrogens is 322 g/mol. The first-order valence-electron chi connectivity index (χ1n) is 6.35. The van der Waals surface area contributed by atoms with Crippen LogP contribution in [0.25, 0.3) is 11.0 Å². The van der Waals surface area contributed by atoms with Gasteiger partial charge in [-0.05, 0) is 12.5 Å². The van der Waals surface area contributed by atoms with Crippen molar-refractivity contribution in [3.05, 3.63) is 41.0 Å². The average molecular weight is 332 g/mol. The summed E-state index contributed by atoms with van der Waals surface area (Å²) in [7, 11) is 0. The van der Waals surface area contributed by atoms with Crippen LogP contribution >= 0.6 is 23.4 Å². The summed E-state index contributed by atoms with van der Waals surface area (Å²) in [4.78, 5) is 12.5. The second-order valence-corrected chi connectivity index (χ2v) is 5.90. The van der Waals surface area contributed by atoms with Crippen LogP contribution in [0.15, 0.2) is 34.2 Å². The Morgan fingerprint density at radius 2 is 2.23 bits per heavy atom. The van der Waals surface area contributed by atoms with E-state index in [9.17, 15) is 0 Å². The van der Waals surface area contributed by atoms with Gasteiger partial charge in [-0.25, -0.2) is 9.97 Å². The normalized spacial score (nSPS) is 10.7. The number of hydrogen-bond acceptors (Lipinski definition) is 7. The Balaban J connectivity index is 1.68. The fraction of sp³-hybridized carbons (Fsp3) is 0.143. The van der Waals surface area contributed by atoms with Gasteiger partial charge in [0, 0.05) is 22.9 Å². The van der Waals surface area contributed by atoms with E-state index in [1.165, 1.54) is 24.1 Å². The summed E-state index contributed by atoms with van der Waals surface area (Å²) in [6, 6.07) is 5.31. The second-order valence-electron chi connectivity index (χ2n) is 4.43. The van der Waals surface area contributed by atoms with Crippen molar-refractivity contribution in [1.29, 1.82) is 5.26 Å². The van der Waals surface area contributed by atoms with Gasteiger partial charge in [0.25, 0.3) is 0 Å². The smallest absolute Gasteiger partial charge is 0.190 e. The van der Waals surface area contributed by atoms with Crippen LogP contribution in [0.1, 0.15) is 11.4 Å². The van der Waals surface area contributed by atoms with Gasteiger partial charge in [-0.15, -0.1) is 0 Å². The van der Waals surface area contributed by atoms with Gasteiger partial charge in [0.05, 0.1) is 11.2 Å². The average Bonchev–Trinajstić information content (AvgIpc) is 2.88. The molecule has 3 aromatic heterocycles. The zero-order valence-electron chi connectivity index (χ0n) is 11.3. The lowest BCUT2D eigenvalue weighted by molar-refractivity contribution is 0.614. The van der Waals surface area contributed by atoms with Crippen LogP contribution in [0.4, 0.5) is 5.82 Å². The number of aromatic nitrogens is 3. The molecule has 0 saturated heterocycles. The minimum Gasteiger partial charge on any atom is -0.461 e. The van der Waals surface area contributed by atoms with E-state index in [-0.39, 0.29) is 5.69 Å². The molecule has 0 aliphatic rings. The van der Waals surface area contributed by atoms with Crippen LogP contribution in [-0.2, 0) is 6.42 Å². The van der Waals surface area contributed by atoms with Crippen LogP contribution in [-0.4, -0.2) is 20.7 Å². The molecule has 0 bridgehead atoms. The fourth-order valence-corrected chi connectivity index (χ4v) is 2.91. The van der Waals surface area contributed by atoms with Crippen LogP contribution in [0.5, 0.6) is 0 Å². The van der Waals surface area contributed by atoms with Crippen molar-refractivity contribution in [2.75, 3.05) is 11.5 Å². The van der Waals surface area contributed by atoms with Crippen LogP contribution in [0.3, 0.4) is 0 Å². The number of nitrogen functional groups attached to an aromatic ring is 1. The summed E-state index contributed by atoms with van der Waals surface area (Å²) in [5.41, 5.74) is 7.46. The molecule has 6 nitrogen and oxygen atoms in total. The molecule has 0 aliphatic carbocycles. The van der Waals surface area contributed by atoms with Crippen molar-refractivity contribution in [3.8, 4) is 6.07 Å². The Morgan fingerprint density at radius 1 is 1.36 bits per heavy atom. The Labute approximate surface area is 135 Å². The Bertz CT molecular complexity index is 873. The number of furan rings is 1. The van der Waals surface area contributed by atoms with E-state index in [0.717, 1.165) is 11.1 Å². The molecule has 0 aliphatic heterocycles. The molecule has 0 radical (unpaired) electrons. The standard InChI is InChI=1S/C14H10ClN5OS/c15-11-7-21-12-6-18-8(3-10(11)12)1-2-22-14-19-9(5-16)4-13(17)20-14/h3-4,6-7H,1-2H2,(H2,17,19,20). The van der Waals surface area contributed by atoms with E-state index in [1.807, 2.05) is 12.1 Å². The molecule has 0 atom stereocenters. The zero-order chi connectivity index (χ0) is 15.5. The second kappa shape index (κ2) is 6.22. The summed E-state index contributed by atoms with van der Waals surface area (Å²) < 4.78 is 5.25. The number of nitrogens with zero attached hydrogens (tertiary/aromatic N) is 4. The maximum Gasteiger partial charge on any atom is 0.190 e. The molecule has 8 heteroatoms. The predicted octanol–water partition coefficient (Wildman–Crippen LogP) is 3.06. The van der Waals surface area contributed by atoms with Gasteiger partial charge in [0.1, 0.15) is 23.8 Å². The summed E-state index contributed by atoms with van der Waals surface area (Å²) in [6.07, 6.45) is 3.87. The maximum atomic E-state index is 8.86. The van der Waals surface area contributed by atoms with Gasteiger partial charge < -0.3 is 10.2 Å². The van der Waals surface area contributed by atoms with Gasteiger partial charge >= 0.3 is 0 Å². The molecule has 3 aromatic rings. The Morgan fingerprint density at radius 3 is 3.05 bits per heavy atom. The monoisotopic (exact) mass is 331 g/mol. The molecule has 110 valence electrons. The molecule has 2 N–H and O–H groups in total. The van der Waals surface area contributed by atoms with Gasteiger partial charge in [-0.3, -0.25) is 4.98 Å². The maximum absolute atomic E-state index is 8.86. The minimum absolute atomic E-state index is 0.264. The number of nitriles is 1. The van der Waals surface area contributed by atoms with Crippen molar-refractivity contribution in [3.63, 3.8) is 0 Å². The van der Waals surface area contributed by atoms with Gasteiger partial charge in [0.2, 0.25) is 0 Å². The van der Waals surface area contributed by atoms with E-state index in [2.05, 4.69) is 15.0 Å². The van der Waals surface area contributed by atoms with E-state index < -0.39 is 0 Å². The molecule has 0 saturated carbocycles. The Kier molecular flexibility index (Phi) is 4.13. The molecule has 0 unspecified atom stereocenters. The number of pyridine rings is 1. The predicted molar refractivity (Wildman–Crippen MR) is 84.6 cm³/mol. The number of hydrogen-bond donors (Lipinski definition) is 1. The van der Waals surface area contributed by atoms with Gasteiger partial charge in [-0.1, -0.05) is 23.4 Å². The number of halogens is 1. The highest BCUT2D eigenvalue weighted by atomic mass is 35.5. The molecular formula is C14H10ClN5OS. The highest BCUT2D eigenvalue weighted by Crippen LogP contribution is 2.26. The molecule has 0 aromatic carbocycles. The lowest BCUT2D eigenvalue weighted by atomic mass is 10.2. The quantitative estimate of drug-likeness (QED) is 0.579. The summed E-state index contributed by atoms with van der Waals surface area (Å²) >= 11 is 7.45. The number of fused-ring (bicyclic) bond motifs is 1. The van der Waals surface area contributed by atoms with E-state index in [4.69, 9.17) is 27.0 Å². The number of thioether (sulfide) groups is 1. The third kappa shape index (κ3) is 3.13. The van der Waals surface area contributed by atoms with Crippen molar-refractivity contribution in [2.45, 2.75) is 11.6 Å². The van der Waals surface area contributed by atoms with Crippen molar-refractivity contribution in [2.24, 2.45) is 0 Å². The number of rotatable bonds is 4. The zero-order valence-corrected chi connectivity index (χ0v) is 12.9. The summed E-state index contributed by atoms with van der Waals surface area (Å²) in [5, 5.41) is 10.8. The molecule has 0 spiro atoms. The third-order valence-electron chi connectivity index (χ3n) is 2.90. The first-order valence-corrected chi connectivity index (χ1v) is 7.71. The van der Waals surface area contributed by atoms with Crippen LogP contribution in [0, 0.1) is 11.3 Å². The van der Waals surface area contributed by atoms with Crippen molar-refractivity contribution < 1.29 is 4.42 Å². The summed E-state index contributed by atoms with van der Waals surface area (Å²) in [5.74, 6) is 1.00. The van der Waals surface area contributed by atoms with E-state index in [0.29, 0.717) is 33.8 Å². The molecule has 3 rings (SSSR count). The van der Waals surface area contributed by atoms with E-state index in [1.54, 1.807) is 6.20 Å². The van der Waals surface area contributed by atoms with Crippen LogP contribution < -0.4 is 5.73 Å². The molecule has 0 amide bonds. The van der Waals surface area contributed by atoms with Crippen molar-refractivity contribution in [1.82, 2.24) is 15.0 Å². The first-order chi connectivity index (χ1) is 10.7. The first kappa shape index (κ1) is 14.6. The molecule has 0 fully saturated rings. The number of anilines is 1. The molecule has 3 heterocycles. The lowest BCUT2D eigenvalue weighted by Gasteiger charge is -2.02. The Hall–Kier alpha value is -2.30.